The summed E-state index contributed by atoms with van der Waals surface area (Å²) in [6.07, 6.45) is 0. The van der Waals surface area contributed by atoms with Crippen LogP contribution in [0.3, 0.4) is 0 Å². The van der Waals surface area contributed by atoms with Gasteiger partial charge in [-0.15, -0.1) is 0 Å². The monoisotopic (exact) mass is 280 g/mol. The van der Waals surface area contributed by atoms with Crippen molar-refractivity contribution in [2.24, 2.45) is 0 Å². The lowest BCUT2D eigenvalue weighted by Gasteiger charge is -2.07. The van der Waals surface area contributed by atoms with Crippen molar-refractivity contribution in [3.8, 4) is 0 Å². The van der Waals surface area contributed by atoms with Gasteiger partial charge in [-0.05, 0) is 55.3 Å². The molecule has 0 saturated carbocycles. The van der Waals surface area contributed by atoms with Crippen LogP contribution in [0.15, 0.2) is 30.3 Å². The Balaban J connectivity index is 2.50. The lowest BCUT2D eigenvalue weighted by atomic mass is 9.99. The predicted octanol–water partition coefficient (Wildman–Crippen LogP) is 4.47. The van der Waals surface area contributed by atoms with Crippen molar-refractivity contribution in [2.45, 2.75) is 13.8 Å². The maximum Gasteiger partial charge on any atom is 0.194 e. The molecule has 0 aromatic heterocycles. The lowest BCUT2D eigenvalue weighted by Crippen LogP contribution is -2.04. The molecular weight excluding hydrogens is 270 g/mol. The van der Waals surface area contributed by atoms with E-state index in [9.17, 15) is 13.6 Å². The molecule has 98 valence electrons. The molecule has 1 nitrogen and oxygen atoms in total. The Morgan fingerprint density at radius 2 is 1.63 bits per heavy atom. The van der Waals surface area contributed by atoms with Gasteiger partial charge in [-0.3, -0.25) is 4.79 Å². The minimum Gasteiger partial charge on any atom is -0.289 e. The van der Waals surface area contributed by atoms with Gasteiger partial charge in [-0.2, -0.15) is 0 Å². The Morgan fingerprint density at radius 1 is 1.05 bits per heavy atom. The number of hydrogen-bond donors (Lipinski definition) is 0. The van der Waals surface area contributed by atoms with E-state index in [2.05, 4.69) is 0 Å². The quantitative estimate of drug-likeness (QED) is 0.742. The molecule has 0 spiro atoms. The number of hydrogen-bond acceptors (Lipinski definition) is 1. The Bertz CT molecular complexity index is 642. The van der Waals surface area contributed by atoms with E-state index in [-0.39, 0.29) is 22.2 Å². The average Bonchev–Trinajstić information content (AvgIpc) is 2.34. The molecule has 0 radical (unpaired) electrons. The SMILES string of the molecule is Cc1cc(C(=O)c2ccc(F)cc2Cl)cc(C)c1F. The van der Waals surface area contributed by atoms with Crippen LogP contribution in [0, 0.1) is 25.5 Å². The van der Waals surface area contributed by atoms with Gasteiger partial charge < -0.3 is 0 Å². The second-order valence-corrected chi connectivity index (χ2v) is 4.78. The fourth-order valence-corrected chi connectivity index (χ4v) is 2.16. The van der Waals surface area contributed by atoms with Crippen molar-refractivity contribution in [3.05, 3.63) is 69.2 Å². The summed E-state index contributed by atoms with van der Waals surface area (Å²) in [6.45, 7) is 3.18. The molecular formula is C15H11ClF2O. The molecule has 0 aliphatic rings. The van der Waals surface area contributed by atoms with E-state index in [1.807, 2.05) is 0 Å². The molecule has 19 heavy (non-hydrogen) atoms. The molecule has 0 atom stereocenters. The van der Waals surface area contributed by atoms with E-state index in [1.165, 1.54) is 24.3 Å². The number of halogens is 3. The number of carbonyl (C=O) groups is 1. The minimum atomic E-state index is -0.506. The third-order valence-corrected chi connectivity index (χ3v) is 3.19. The molecule has 0 heterocycles. The third kappa shape index (κ3) is 2.66. The second-order valence-electron chi connectivity index (χ2n) is 4.38. The highest BCUT2D eigenvalue weighted by Gasteiger charge is 2.15. The van der Waals surface area contributed by atoms with E-state index in [4.69, 9.17) is 11.6 Å². The summed E-state index contributed by atoms with van der Waals surface area (Å²) in [4.78, 5) is 12.3. The summed E-state index contributed by atoms with van der Waals surface area (Å²) in [5.41, 5.74) is 1.32. The van der Waals surface area contributed by atoms with Crippen molar-refractivity contribution in [2.75, 3.05) is 0 Å². The van der Waals surface area contributed by atoms with Crippen LogP contribution in [0.25, 0.3) is 0 Å². The molecule has 2 aromatic rings. The first-order valence-electron chi connectivity index (χ1n) is 5.66. The van der Waals surface area contributed by atoms with Crippen molar-refractivity contribution >= 4 is 17.4 Å². The van der Waals surface area contributed by atoms with Crippen LogP contribution < -0.4 is 0 Å². The van der Waals surface area contributed by atoms with Gasteiger partial charge in [0.05, 0.1) is 5.02 Å². The topological polar surface area (TPSA) is 17.1 Å². The van der Waals surface area contributed by atoms with E-state index in [0.717, 1.165) is 6.07 Å². The molecule has 0 N–H and O–H groups in total. The first-order chi connectivity index (χ1) is 8.90. The zero-order valence-corrected chi connectivity index (χ0v) is 11.2. The molecule has 0 aliphatic carbocycles. The van der Waals surface area contributed by atoms with Crippen LogP contribution >= 0.6 is 11.6 Å². The molecule has 2 aromatic carbocycles. The molecule has 0 fully saturated rings. The van der Waals surface area contributed by atoms with Crippen LogP contribution in [-0.2, 0) is 0 Å². The number of ketones is 1. The summed E-state index contributed by atoms with van der Waals surface area (Å²) < 4.78 is 26.5. The fraction of sp³-hybridized carbons (Fsp3) is 0.133. The number of benzene rings is 2. The van der Waals surface area contributed by atoms with Crippen LogP contribution in [-0.4, -0.2) is 5.78 Å². The van der Waals surface area contributed by atoms with Gasteiger partial charge in [0.15, 0.2) is 5.78 Å². The van der Waals surface area contributed by atoms with Crippen molar-refractivity contribution in [1.82, 2.24) is 0 Å². The van der Waals surface area contributed by atoms with Gasteiger partial charge in [0.1, 0.15) is 11.6 Å². The summed E-state index contributed by atoms with van der Waals surface area (Å²) >= 11 is 5.85. The van der Waals surface area contributed by atoms with Gasteiger partial charge in [-0.25, -0.2) is 8.78 Å². The largest absolute Gasteiger partial charge is 0.289 e. The van der Waals surface area contributed by atoms with E-state index >= 15 is 0 Å². The Labute approximate surface area is 114 Å². The molecule has 0 unspecified atom stereocenters. The molecule has 0 amide bonds. The highest BCUT2D eigenvalue weighted by atomic mass is 35.5. The average molecular weight is 281 g/mol. The van der Waals surface area contributed by atoms with Crippen LogP contribution in [0.2, 0.25) is 5.02 Å². The fourth-order valence-electron chi connectivity index (χ4n) is 1.91. The van der Waals surface area contributed by atoms with Crippen LogP contribution in [0.5, 0.6) is 0 Å². The maximum absolute atomic E-state index is 13.5. The normalized spacial score (nSPS) is 10.6. The zero-order chi connectivity index (χ0) is 14.2. The standard InChI is InChI=1S/C15H11ClF2O/c1-8-5-10(6-9(2)14(8)18)15(19)12-4-3-11(17)7-13(12)16/h3-7H,1-2H3. The number of rotatable bonds is 2. The summed E-state index contributed by atoms with van der Waals surface area (Å²) in [7, 11) is 0. The Kier molecular flexibility index (Phi) is 3.67. The molecule has 2 rings (SSSR count). The Morgan fingerprint density at radius 3 is 2.16 bits per heavy atom. The molecule has 0 bridgehead atoms. The van der Waals surface area contributed by atoms with Gasteiger partial charge in [0.2, 0.25) is 0 Å². The molecule has 0 saturated heterocycles. The van der Waals surface area contributed by atoms with Crippen LogP contribution in [0.1, 0.15) is 27.0 Å². The van der Waals surface area contributed by atoms with E-state index in [0.29, 0.717) is 16.7 Å². The maximum atomic E-state index is 13.5. The Hall–Kier alpha value is -1.74. The minimum absolute atomic E-state index is 0.0460. The summed E-state index contributed by atoms with van der Waals surface area (Å²) in [5.74, 6) is -1.19. The zero-order valence-electron chi connectivity index (χ0n) is 10.4. The summed E-state index contributed by atoms with van der Waals surface area (Å²) in [5, 5.41) is 0.0460. The van der Waals surface area contributed by atoms with Gasteiger partial charge in [0, 0.05) is 11.1 Å². The van der Waals surface area contributed by atoms with Crippen molar-refractivity contribution < 1.29 is 13.6 Å². The third-order valence-electron chi connectivity index (χ3n) is 2.87. The summed E-state index contributed by atoms with van der Waals surface area (Å²) in [6, 6.07) is 6.50. The highest BCUT2D eigenvalue weighted by Crippen LogP contribution is 2.23. The lowest BCUT2D eigenvalue weighted by molar-refractivity contribution is 0.103. The molecule has 0 aliphatic heterocycles. The number of aryl methyl sites for hydroxylation is 2. The van der Waals surface area contributed by atoms with Gasteiger partial charge >= 0.3 is 0 Å². The second kappa shape index (κ2) is 5.10. The first-order valence-corrected chi connectivity index (χ1v) is 6.04. The van der Waals surface area contributed by atoms with Crippen molar-refractivity contribution in [1.29, 1.82) is 0 Å². The van der Waals surface area contributed by atoms with Crippen molar-refractivity contribution in [3.63, 3.8) is 0 Å². The van der Waals surface area contributed by atoms with Gasteiger partial charge in [-0.1, -0.05) is 11.6 Å². The molecule has 4 heteroatoms. The van der Waals surface area contributed by atoms with E-state index < -0.39 is 5.82 Å². The predicted molar refractivity (Wildman–Crippen MR) is 70.7 cm³/mol. The highest BCUT2D eigenvalue weighted by molar-refractivity contribution is 6.35. The van der Waals surface area contributed by atoms with Crippen LogP contribution in [0.4, 0.5) is 8.78 Å². The van der Waals surface area contributed by atoms with Gasteiger partial charge in [0.25, 0.3) is 0 Å². The smallest absolute Gasteiger partial charge is 0.194 e. The first kappa shape index (κ1) is 13.7. The number of carbonyl (C=O) groups excluding carboxylic acids is 1. The van der Waals surface area contributed by atoms with E-state index in [1.54, 1.807) is 13.8 Å².